The lowest BCUT2D eigenvalue weighted by Crippen LogP contribution is -2.52. The Labute approximate surface area is 146 Å². The van der Waals surface area contributed by atoms with Gasteiger partial charge >= 0.3 is 0 Å². The second kappa shape index (κ2) is 7.14. The Morgan fingerprint density at radius 1 is 1.12 bits per heavy atom. The maximum absolute atomic E-state index is 12.7. The highest BCUT2D eigenvalue weighted by Gasteiger charge is 2.29. The monoisotopic (exact) mass is 339 g/mol. The molecule has 7 heteroatoms. The smallest absolute Gasteiger partial charge is 0.251 e. The molecule has 1 aliphatic carbocycles. The fraction of sp³-hybridized carbons (Fsp3) is 0.444. The summed E-state index contributed by atoms with van der Waals surface area (Å²) in [6.07, 6.45) is 8.00. The van der Waals surface area contributed by atoms with Gasteiger partial charge < -0.3 is 15.4 Å². The Morgan fingerprint density at radius 2 is 2.04 bits per heavy atom. The molecular weight excluding hydrogens is 318 g/mol. The van der Waals surface area contributed by atoms with Crippen molar-refractivity contribution in [2.45, 2.75) is 37.3 Å². The summed E-state index contributed by atoms with van der Waals surface area (Å²) in [5, 5.41) is 6.46. The number of hydrogen-bond acceptors (Lipinski definition) is 6. The van der Waals surface area contributed by atoms with Crippen LogP contribution in [-0.2, 0) is 4.74 Å². The standard InChI is InChI=1S/C18H21N5O2/c24-18(13-3-7-20-15(9-13)12-1-2-12)23-14-5-8-25-10-16(14)22-17-4-6-19-11-21-17/h3-4,6-7,9,11-12,14,16H,1-2,5,8,10H2,(H,23,24)(H,19,21,22)/t14-,16+/m0/s1. The molecule has 2 atom stereocenters. The average molecular weight is 339 g/mol. The van der Waals surface area contributed by atoms with Gasteiger partial charge in [-0.15, -0.1) is 0 Å². The van der Waals surface area contributed by atoms with Gasteiger partial charge in [-0.05, 0) is 37.5 Å². The molecule has 2 N–H and O–H groups in total. The van der Waals surface area contributed by atoms with Crippen LogP contribution in [0.15, 0.2) is 36.9 Å². The van der Waals surface area contributed by atoms with Crippen LogP contribution >= 0.6 is 0 Å². The summed E-state index contributed by atoms with van der Waals surface area (Å²) in [6, 6.07) is 5.44. The lowest BCUT2D eigenvalue weighted by atomic mass is 10.0. The van der Waals surface area contributed by atoms with E-state index in [-0.39, 0.29) is 18.0 Å². The first-order valence-electron chi connectivity index (χ1n) is 8.67. The number of nitrogens with zero attached hydrogens (tertiary/aromatic N) is 3. The second-order valence-corrected chi connectivity index (χ2v) is 6.53. The Morgan fingerprint density at radius 3 is 2.84 bits per heavy atom. The van der Waals surface area contributed by atoms with Gasteiger partial charge in [0, 0.05) is 36.2 Å². The van der Waals surface area contributed by atoms with E-state index in [1.165, 1.54) is 19.2 Å². The van der Waals surface area contributed by atoms with Crippen LogP contribution in [0, 0.1) is 0 Å². The predicted molar refractivity (Wildman–Crippen MR) is 92.3 cm³/mol. The quantitative estimate of drug-likeness (QED) is 0.863. The lowest BCUT2D eigenvalue weighted by molar-refractivity contribution is 0.0620. The first kappa shape index (κ1) is 16.0. The number of pyridine rings is 1. The van der Waals surface area contributed by atoms with Crippen molar-refractivity contribution < 1.29 is 9.53 Å². The van der Waals surface area contributed by atoms with Crippen LogP contribution in [0.2, 0.25) is 0 Å². The number of anilines is 1. The molecule has 4 rings (SSSR count). The fourth-order valence-corrected chi connectivity index (χ4v) is 3.06. The van der Waals surface area contributed by atoms with E-state index in [9.17, 15) is 4.79 Å². The van der Waals surface area contributed by atoms with Crippen molar-refractivity contribution in [1.29, 1.82) is 0 Å². The van der Waals surface area contributed by atoms with Crippen LogP contribution in [0.1, 0.15) is 41.2 Å². The summed E-state index contributed by atoms with van der Waals surface area (Å²) in [7, 11) is 0. The van der Waals surface area contributed by atoms with Crippen LogP contribution < -0.4 is 10.6 Å². The lowest BCUT2D eigenvalue weighted by Gasteiger charge is -2.33. The largest absolute Gasteiger partial charge is 0.379 e. The molecule has 7 nitrogen and oxygen atoms in total. The Hall–Kier alpha value is -2.54. The minimum Gasteiger partial charge on any atom is -0.379 e. The van der Waals surface area contributed by atoms with Crippen molar-refractivity contribution >= 4 is 11.7 Å². The first-order valence-corrected chi connectivity index (χ1v) is 8.67. The third-order valence-electron chi connectivity index (χ3n) is 4.63. The number of amides is 1. The molecule has 25 heavy (non-hydrogen) atoms. The summed E-state index contributed by atoms with van der Waals surface area (Å²) < 4.78 is 5.56. The Kier molecular flexibility index (Phi) is 4.56. The van der Waals surface area contributed by atoms with Crippen molar-refractivity contribution in [3.05, 3.63) is 48.2 Å². The van der Waals surface area contributed by atoms with Gasteiger partial charge in [-0.3, -0.25) is 9.78 Å². The number of carbonyl (C=O) groups is 1. The van der Waals surface area contributed by atoms with E-state index in [4.69, 9.17) is 4.74 Å². The van der Waals surface area contributed by atoms with E-state index in [0.29, 0.717) is 24.7 Å². The summed E-state index contributed by atoms with van der Waals surface area (Å²) in [5.41, 5.74) is 1.69. The van der Waals surface area contributed by atoms with E-state index >= 15 is 0 Å². The molecule has 1 saturated heterocycles. The van der Waals surface area contributed by atoms with Gasteiger partial charge in [0.1, 0.15) is 12.1 Å². The highest BCUT2D eigenvalue weighted by atomic mass is 16.5. The van der Waals surface area contributed by atoms with Gasteiger partial charge in [0.15, 0.2) is 0 Å². The van der Waals surface area contributed by atoms with Crippen LogP contribution in [0.4, 0.5) is 5.82 Å². The van der Waals surface area contributed by atoms with Crippen molar-refractivity contribution in [3.63, 3.8) is 0 Å². The topological polar surface area (TPSA) is 89.0 Å². The Bertz CT molecular complexity index is 735. The van der Waals surface area contributed by atoms with Crippen molar-refractivity contribution in [2.75, 3.05) is 18.5 Å². The van der Waals surface area contributed by atoms with Gasteiger partial charge in [-0.2, -0.15) is 0 Å². The molecule has 0 spiro atoms. The number of rotatable bonds is 5. The van der Waals surface area contributed by atoms with Crippen molar-refractivity contribution in [3.8, 4) is 0 Å². The second-order valence-electron chi connectivity index (χ2n) is 6.53. The van der Waals surface area contributed by atoms with E-state index < -0.39 is 0 Å². The van der Waals surface area contributed by atoms with Crippen LogP contribution in [0.25, 0.3) is 0 Å². The summed E-state index contributed by atoms with van der Waals surface area (Å²) in [4.78, 5) is 25.1. The van der Waals surface area contributed by atoms with E-state index in [1.807, 2.05) is 6.07 Å². The van der Waals surface area contributed by atoms with E-state index in [1.54, 1.807) is 24.5 Å². The molecular formula is C18H21N5O2. The minimum atomic E-state index is -0.0642. The molecule has 1 saturated carbocycles. The van der Waals surface area contributed by atoms with E-state index in [0.717, 1.165) is 17.9 Å². The predicted octanol–water partition coefficient (Wildman–Crippen LogP) is 1.75. The maximum atomic E-state index is 12.7. The first-order chi connectivity index (χ1) is 12.3. The van der Waals surface area contributed by atoms with Crippen molar-refractivity contribution in [1.82, 2.24) is 20.3 Å². The molecule has 130 valence electrons. The molecule has 0 aromatic carbocycles. The number of carbonyl (C=O) groups excluding carboxylic acids is 1. The molecule has 0 bridgehead atoms. The molecule has 2 aromatic rings. The zero-order chi connectivity index (χ0) is 17.1. The van der Waals surface area contributed by atoms with Gasteiger partial charge in [0.25, 0.3) is 5.91 Å². The third kappa shape index (κ3) is 3.93. The molecule has 2 aliphatic rings. The average Bonchev–Trinajstić information content (AvgIpc) is 3.50. The summed E-state index contributed by atoms with van der Waals surface area (Å²) in [6.45, 7) is 1.16. The number of ether oxygens (including phenoxy) is 1. The number of aromatic nitrogens is 3. The normalized spacial score (nSPS) is 23.0. The highest BCUT2D eigenvalue weighted by Crippen LogP contribution is 2.38. The number of hydrogen-bond donors (Lipinski definition) is 2. The molecule has 0 radical (unpaired) electrons. The highest BCUT2D eigenvalue weighted by molar-refractivity contribution is 5.94. The molecule has 1 aliphatic heterocycles. The van der Waals surface area contributed by atoms with Crippen LogP contribution in [0.3, 0.4) is 0 Å². The van der Waals surface area contributed by atoms with Crippen LogP contribution in [0.5, 0.6) is 0 Å². The molecule has 0 unspecified atom stereocenters. The van der Waals surface area contributed by atoms with E-state index in [2.05, 4.69) is 25.6 Å². The van der Waals surface area contributed by atoms with Gasteiger partial charge in [-0.1, -0.05) is 0 Å². The molecule has 2 aromatic heterocycles. The molecule has 2 fully saturated rings. The Balaban J connectivity index is 1.43. The maximum Gasteiger partial charge on any atom is 0.251 e. The van der Waals surface area contributed by atoms with Gasteiger partial charge in [0.2, 0.25) is 0 Å². The summed E-state index contributed by atoms with van der Waals surface area (Å²) >= 11 is 0. The fourth-order valence-electron chi connectivity index (χ4n) is 3.06. The molecule has 3 heterocycles. The van der Waals surface area contributed by atoms with Crippen LogP contribution in [-0.4, -0.2) is 46.2 Å². The zero-order valence-corrected chi connectivity index (χ0v) is 13.9. The number of nitrogens with one attached hydrogen (secondary N) is 2. The van der Waals surface area contributed by atoms with Gasteiger partial charge in [0.05, 0.1) is 18.7 Å². The minimum absolute atomic E-state index is 0.0197. The summed E-state index contributed by atoms with van der Waals surface area (Å²) in [5.74, 6) is 1.19. The zero-order valence-electron chi connectivity index (χ0n) is 13.9. The van der Waals surface area contributed by atoms with Gasteiger partial charge in [-0.25, -0.2) is 9.97 Å². The SMILES string of the molecule is O=C(N[C@H]1CCOC[C@H]1Nc1ccncn1)c1ccnc(C2CC2)c1. The third-order valence-corrected chi connectivity index (χ3v) is 4.63. The molecule has 1 amide bonds. The van der Waals surface area contributed by atoms with Crippen molar-refractivity contribution in [2.24, 2.45) is 0 Å².